The SMILES string of the molecule is CCC(=O)Nc1ccc(-n2nc(OCCOC)nc2-c2ccc(F)cc2)cc1. The maximum atomic E-state index is 13.3. The Hall–Kier alpha value is -3.26. The van der Waals surface area contributed by atoms with Gasteiger partial charge in [0.15, 0.2) is 5.82 Å². The van der Waals surface area contributed by atoms with Crippen molar-refractivity contribution in [1.82, 2.24) is 14.8 Å². The number of rotatable bonds is 8. The topological polar surface area (TPSA) is 78.3 Å². The van der Waals surface area contributed by atoms with Gasteiger partial charge < -0.3 is 14.8 Å². The monoisotopic (exact) mass is 384 g/mol. The minimum Gasteiger partial charge on any atom is -0.460 e. The molecule has 0 fully saturated rings. The average molecular weight is 384 g/mol. The molecular formula is C20H21FN4O3. The zero-order valence-electron chi connectivity index (χ0n) is 15.7. The molecule has 0 radical (unpaired) electrons. The summed E-state index contributed by atoms with van der Waals surface area (Å²) >= 11 is 0. The van der Waals surface area contributed by atoms with Gasteiger partial charge in [0.2, 0.25) is 5.91 Å². The number of benzene rings is 2. The van der Waals surface area contributed by atoms with Gasteiger partial charge in [-0.1, -0.05) is 6.92 Å². The highest BCUT2D eigenvalue weighted by molar-refractivity contribution is 5.90. The molecule has 1 aromatic heterocycles. The predicted molar refractivity (Wildman–Crippen MR) is 103 cm³/mol. The number of nitrogens with zero attached hydrogens (tertiary/aromatic N) is 3. The Morgan fingerprint density at radius 2 is 1.82 bits per heavy atom. The molecule has 0 spiro atoms. The van der Waals surface area contributed by atoms with Crippen molar-refractivity contribution in [3.05, 3.63) is 54.3 Å². The number of amides is 1. The van der Waals surface area contributed by atoms with Gasteiger partial charge >= 0.3 is 6.01 Å². The van der Waals surface area contributed by atoms with Crippen LogP contribution in [0.2, 0.25) is 0 Å². The van der Waals surface area contributed by atoms with E-state index in [4.69, 9.17) is 9.47 Å². The van der Waals surface area contributed by atoms with Crippen molar-refractivity contribution in [3.8, 4) is 23.1 Å². The lowest BCUT2D eigenvalue weighted by molar-refractivity contribution is -0.115. The first-order valence-electron chi connectivity index (χ1n) is 8.85. The van der Waals surface area contributed by atoms with Gasteiger partial charge in [0, 0.05) is 24.8 Å². The fourth-order valence-corrected chi connectivity index (χ4v) is 2.47. The van der Waals surface area contributed by atoms with Gasteiger partial charge in [-0.3, -0.25) is 4.79 Å². The van der Waals surface area contributed by atoms with Crippen LogP contribution >= 0.6 is 0 Å². The Morgan fingerprint density at radius 1 is 1.11 bits per heavy atom. The summed E-state index contributed by atoms with van der Waals surface area (Å²) in [6, 6.07) is 13.4. The number of hydrogen-bond donors (Lipinski definition) is 1. The standard InChI is InChI=1S/C20H21FN4O3/c1-3-18(26)22-16-8-10-17(11-9-16)25-19(14-4-6-15(21)7-5-14)23-20(24-25)28-13-12-27-2/h4-11H,3,12-13H2,1-2H3,(H,22,26). The van der Waals surface area contributed by atoms with Gasteiger partial charge in [-0.05, 0) is 48.5 Å². The van der Waals surface area contributed by atoms with Crippen molar-refractivity contribution in [3.63, 3.8) is 0 Å². The fraction of sp³-hybridized carbons (Fsp3) is 0.250. The summed E-state index contributed by atoms with van der Waals surface area (Å²) < 4.78 is 25.4. The van der Waals surface area contributed by atoms with Crippen molar-refractivity contribution in [2.24, 2.45) is 0 Å². The van der Waals surface area contributed by atoms with Gasteiger partial charge in [-0.15, -0.1) is 5.10 Å². The number of halogens is 1. The number of hydrogen-bond acceptors (Lipinski definition) is 5. The van der Waals surface area contributed by atoms with Crippen molar-refractivity contribution in [2.45, 2.75) is 13.3 Å². The van der Waals surface area contributed by atoms with Crippen molar-refractivity contribution >= 4 is 11.6 Å². The van der Waals surface area contributed by atoms with Crippen LogP contribution in [-0.4, -0.2) is 41.0 Å². The van der Waals surface area contributed by atoms with E-state index in [1.807, 2.05) is 12.1 Å². The zero-order valence-corrected chi connectivity index (χ0v) is 15.7. The molecule has 7 nitrogen and oxygen atoms in total. The molecule has 1 heterocycles. The number of methoxy groups -OCH3 is 1. The molecule has 28 heavy (non-hydrogen) atoms. The van der Waals surface area contributed by atoms with Gasteiger partial charge in [-0.2, -0.15) is 4.98 Å². The van der Waals surface area contributed by atoms with E-state index in [9.17, 15) is 9.18 Å². The van der Waals surface area contributed by atoms with Crippen LogP contribution in [0.25, 0.3) is 17.1 Å². The van der Waals surface area contributed by atoms with Crippen LogP contribution < -0.4 is 10.1 Å². The number of anilines is 1. The van der Waals surface area contributed by atoms with Gasteiger partial charge in [-0.25, -0.2) is 9.07 Å². The summed E-state index contributed by atoms with van der Waals surface area (Å²) in [7, 11) is 1.58. The van der Waals surface area contributed by atoms with E-state index >= 15 is 0 Å². The van der Waals surface area contributed by atoms with E-state index in [1.165, 1.54) is 12.1 Å². The van der Waals surface area contributed by atoms with E-state index < -0.39 is 0 Å². The smallest absolute Gasteiger partial charge is 0.336 e. The molecule has 0 aliphatic carbocycles. The molecule has 0 unspecified atom stereocenters. The summed E-state index contributed by atoms with van der Waals surface area (Å²) in [5.74, 6) is 0.120. The zero-order chi connectivity index (χ0) is 19.9. The molecule has 8 heteroatoms. The summed E-state index contributed by atoms with van der Waals surface area (Å²) in [5.41, 5.74) is 2.11. The average Bonchev–Trinajstić information content (AvgIpc) is 3.13. The summed E-state index contributed by atoms with van der Waals surface area (Å²) in [4.78, 5) is 16.0. The number of ether oxygens (including phenoxy) is 2. The minimum absolute atomic E-state index is 0.0608. The molecule has 1 N–H and O–H groups in total. The van der Waals surface area contributed by atoms with E-state index in [1.54, 1.807) is 43.0 Å². The van der Waals surface area contributed by atoms with Crippen molar-refractivity contribution < 1.29 is 18.7 Å². The van der Waals surface area contributed by atoms with E-state index in [0.29, 0.717) is 36.7 Å². The Bertz CT molecular complexity index is 924. The van der Waals surface area contributed by atoms with Crippen molar-refractivity contribution in [1.29, 1.82) is 0 Å². The maximum Gasteiger partial charge on any atom is 0.336 e. The normalized spacial score (nSPS) is 10.7. The molecule has 1 amide bonds. The van der Waals surface area contributed by atoms with E-state index in [-0.39, 0.29) is 17.7 Å². The molecule has 0 aliphatic heterocycles. The quantitative estimate of drug-likeness (QED) is 0.602. The molecule has 0 saturated carbocycles. The highest BCUT2D eigenvalue weighted by Crippen LogP contribution is 2.24. The van der Waals surface area contributed by atoms with E-state index in [2.05, 4.69) is 15.4 Å². The highest BCUT2D eigenvalue weighted by Gasteiger charge is 2.15. The first kappa shape index (κ1) is 19.5. The summed E-state index contributed by atoms with van der Waals surface area (Å²) in [6.07, 6.45) is 0.404. The van der Waals surface area contributed by atoms with Crippen LogP contribution in [0.15, 0.2) is 48.5 Å². The van der Waals surface area contributed by atoms with E-state index in [0.717, 1.165) is 5.69 Å². The van der Waals surface area contributed by atoms with Crippen LogP contribution in [-0.2, 0) is 9.53 Å². The molecule has 146 valence electrons. The summed E-state index contributed by atoms with van der Waals surface area (Å²) in [5, 5.41) is 7.20. The number of carbonyl (C=O) groups is 1. The molecule has 3 rings (SSSR count). The Labute approximate surface area is 162 Å². The lowest BCUT2D eigenvalue weighted by atomic mass is 10.2. The van der Waals surface area contributed by atoms with Gasteiger partial charge in [0.25, 0.3) is 0 Å². The Kier molecular flexibility index (Phi) is 6.33. The Balaban J connectivity index is 1.93. The molecule has 0 bridgehead atoms. The predicted octanol–water partition coefficient (Wildman–Crippen LogP) is 3.45. The molecule has 0 atom stereocenters. The lowest BCUT2D eigenvalue weighted by Crippen LogP contribution is -2.09. The van der Waals surface area contributed by atoms with Crippen LogP contribution in [0.3, 0.4) is 0 Å². The number of aromatic nitrogens is 3. The largest absolute Gasteiger partial charge is 0.460 e. The highest BCUT2D eigenvalue weighted by atomic mass is 19.1. The van der Waals surface area contributed by atoms with Gasteiger partial charge in [0.1, 0.15) is 12.4 Å². The molecule has 0 saturated heterocycles. The Morgan fingerprint density at radius 3 is 2.46 bits per heavy atom. The first-order chi connectivity index (χ1) is 13.6. The van der Waals surface area contributed by atoms with Crippen LogP contribution in [0.4, 0.5) is 10.1 Å². The lowest BCUT2D eigenvalue weighted by Gasteiger charge is -2.08. The van der Waals surface area contributed by atoms with Gasteiger partial charge in [0.05, 0.1) is 12.3 Å². The van der Waals surface area contributed by atoms with Crippen LogP contribution in [0.5, 0.6) is 6.01 Å². The second-order valence-corrected chi connectivity index (χ2v) is 5.93. The number of carbonyl (C=O) groups excluding carboxylic acids is 1. The number of nitrogens with one attached hydrogen (secondary N) is 1. The molecule has 2 aromatic carbocycles. The second-order valence-electron chi connectivity index (χ2n) is 5.93. The van der Waals surface area contributed by atoms with Crippen molar-refractivity contribution in [2.75, 3.05) is 25.6 Å². The third-order valence-electron chi connectivity index (χ3n) is 3.93. The first-order valence-corrected chi connectivity index (χ1v) is 8.85. The fourth-order valence-electron chi connectivity index (χ4n) is 2.47. The second kappa shape index (κ2) is 9.09. The molecule has 0 aliphatic rings. The third kappa shape index (κ3) is 4.72. The summed E-state index contributed by atoms with van der Waals surface area (Å²) in [6.45, 7) is 2.51. The van der Waals surface area contributed by atoms with Crippen LogP contribution in [0, 0.1) is 5.82 Å². The third-order valence-corrected chi connectivity index (χ3v) is 3.93. The minimum atomic E-state index is -0.331. The molecular weight excluding hydrogens is 363 g/mol. The molecule has 3 aromatic rings. The maximum absolute atomic E-state index is 13.3. The van der Waals surface area contributed by atoms with Crippen LogP contribution in [0.1, 0.15) is 13.3 Å².